The van der Waals surface area contributed by atoms with Crippen molar-refractivity contribution in [1.82, 2.24) is 14.6 Å². The standard InChI is InChI=1S/C24H29BrN6O2/c25-20-15-27-31-21(13-22(29-23(20)31)30-11-2-1-3-19(30)10-12-32)26-14-16-4-8-18(9-5-16)28-24(33)17-6-7-17/h4-5,8-9,13,15,17,19,26,32H,1-3,6-7,10-12,14H2,(H,28,33)/t19-/m0/s1. The molecule has 0 radical (unpaired) electrons. The van der Waals surface area contributed by atoms with E-state index in [0.717, 1.165) is 71.7 Å². The summed E-state index contributed by atoms with van der Waals surface area (Å²) in [4.78, 5) is 19.2. The Morgan fingerprint density at radius 3 is 2.76 bits per heavy atom. The number of nitrogens with one attached hydrogen (secondary N) is 2. The molecule has 2 fully saturated rings. The van der Waals surface area contributed by atoms with Crippen LogP contribution in [0.3, 0.4) is 0 Å². The first-order valence-electron chi connectivity index (χ1n) is 11.7. The van der Waals surface area contributed by atoms with Crippen LogP contribution in [0.5, 0.6) is 0 Å². The van der Waals surface area contributed by atoms with Crippen molar-refractivity contribution in [3.63, 3.8) is 0 Å². The summed E-state index contributed by atoms with van der Waals surface area (Å²) < 4.78 is 2.65. The summed E-state index contributed by atoms with van der Waals surface area (Å²) in [7, 11) is 0. The lowest BCUT2D eigenvalue weighted by Gasteiger charge is -2.36. The average molecular weight is 513 g/mol. The van der Waals surface area contributed by atoms with Gasteiger partial charge in [0.2, 0.25) is 5.91 Å². The molecule has 1 amide bonds. The Kier molecular flexibility index (Phi) is 6.50. The van der Waals surface area contributed by atoms with Crippen molar-refractivity contribution in [1.29, 1.82) is 0 Å². The van der Waals surface area contributed by atoms with Gasteiger partial charge in [0, 0.05) is 43.4 Å². The first-order chi connectivity index (χ1) is 16.1. The Hall–Kier alpha value is -2.65. The lowest BCUT2D eigenvalue weighted by atomic mass is 9.99. The molecular weight excluding hydrogens is 484 g/mol. The van der Waals surface area contributed by atoms with Crippen molar-refractivity contribution in [2.45, 2.75) is 51.1 Å². The number of aliphatic hydroxyl groups is 1. The summed E-state index contributed by atoms with van der Waals surface area (Å²) in [5.41, 5.74) is 2.70. The van der Waals surface area contributed by atoms with Crippen LogP contribution in [0.1, 0.15) is 44.1 Å². The quantitative estimate of drug-likeness (QED) is 0.418. The molecule has 9 heteroatoms. The lowest BCUT2D eigenvalue weighted by molar-refractivity contribution is -0.117. The number of hydrogen-bond acceptors (Lipinski definition) is 6. The minimum atomic E-state index is 0.119. The fourth-order valence-corrected chi connectivity index (χ4v) is 4.78. The molecule has 1 saturated heterocycles. The van der Waals surface area contributed by atoms with Gasteiger partial charge in [-0.25, -0.2) is 4.98 Å². The molecule has 1 aliphatic carbocycles. The minimum absolute atomic E-state index is 0.119. The summed E-state index contributed by atoms with van der Waals surface area (Å²) in [6.45, 7) is 1.74. The number of halogens is 1. The molecule has 8 nitrogen and oxygen atoms in total. The molecule has 1 atom stereocenters. The molecule has 5 rings (SSSR count). The van der Waals surface area contributed by atoms with Gasteiger partial charge >= 0.3 is 0 Å². The van der Waals surface area contributed by atoms with Crippen LogP contribution in [0.15, 0.2) is 41.0 Å². The van der Waals surface area contributed by atoms with Crippen LogP contribution in [0.25, 0.3) is 5.65 Å². The van der Waals surface area contributed by atoms with Gasteiger partial charge in [0.25, 0.3) is 0 Å². The molecule has 1 saturated carbocycles. The minimum Gasteiger partial charge on any atom is -0.396 e. The number of rotatable bonds is 8. The number of hydrogen-bond donors (Lipinski definition) is 3. The van der Waals surface area contributed by atoms with E-state index < -0.39 is 0 Å². The van der Waals surface area contributed by atoms with Crippen LogP contribution in [-0.4, -0.2) is 44.8 Å². The first-order valence-corrected chi connectivity index (χ1v) is 12.5. The SMILES string of the molecule is O=C(Nc1ccc(CNc2cc(N3CCCC[C@H]3CCO)nc3c(Br)cnn23)cc1)C1CC1. The smallest absolute Gasteiger partial charge is 0.227 e. The van der Waals surface area contributed by atoms with E-state index in [1.54, 1.807) is 6.20 Å². The summed E-state index contributed by atoms with van der Waals surface area (Å²) in [6, 6.07) is 10.3. The van der Waals surface area contributed by atoms with E-state index in [1.807, 2.05) is 34.8 Å². The van der Waals surface area contributed by atoms with E-state index >= 15 is 0 Å². The molecule has 3 N–H and O–H groups in total. The van der Waals surface area contributed by atoms with Crippen molar-refractivity contribution < 1.29 is 9.90 Å². The van der Waals surface area contributed by atoms with Crippen molar-refractivity contribution in [2.24, 2.45) is 5.92 Å². The van der Waals surface area contributed by atoms with E-state index in [-0.39, 0.29) is 18.4 Å². The van der Waals surface area contributed by atoms with Gasteiger partial charge in [-0.1, -0.05) is 12.1 Å². The predicted molar refractivity (Wildman–Crippen MR) is 132 cm³/mol. The second-order valence-electron chi connectivity index (χ2n) is 8.90. The first kappa shape index (κ1) is 22.2. The van der Waals surface area contributed by atoms with E-state index in [2.05, 4.69) is 36.6 Å². The second-order valence-corrected chi connectivity index (χ2v) is 9.75. The maximum absolute atomic E-state index is 12.0. The number of nitrogens with zero attached hydrogens (tertiary/aromatic N) is 4. The van der Waals surface area contributed by atoms with Crippen molar-refractivity contribution in [3.05, 3.63) is 46.6 Å². The highest BCUT2D eigenvalue weighted by Gasteiger charge is 2.29. The third-order valence-electron chi connectivity index (χ3n) is 6.44. The molecule has 1 aromatic carbocycles. The van der Waals surface area contributed by atoms with Gasteiger partial charge in [-0.2, -0.15) is 9.61 Å². The highest BCUT2D eigenvalue weighted by Crippen LogP contribution is 2.31. The highest BCUT2D eigenvalue weighted by molar-refractivity contribution is 9.10. The highest BCUT2D eigenvalue weighted by atomic mass is 79.9. The summed E-state index contributed by atoms with van der Waals surface area (Å²) >= 11 is 3.58. The molecular formula is C24H29BrN6O2. The largest absolute Gasteiger partial charge is 0.396 e. The van der Waals surface area contributed by atoms with Crippen LogP contribution in [0.2, 0.25) is 0 Å². The molecule has 0 bridgehead atoms. The number of piperidine rings is 1. The van der Waals surface area contributed by atoms with Gasteiger partial charge in [-0.15, -0.1) is 0 Å². The lowest BCUT2D eigenvalue weighted by Crippen LogP contribution is -2.40. The van der Waals surface area contributed by atoms with Crippen LogP contribution < -0.4 is 15.5 Å². The number of amides is 1. The van der Waals surface area contributed by atoms with E-state index in [1.165, 1.54) is 6.42 Å². The van der Waals surface area contributed by atoms with Crippen LogP contribution in [0, 0.1) is 5.92 Å². The number of anilines is 3. The molecule has 2 aliphatic rings. The van der Waals surface area contributed by atoms with E-state index in [0.29, 0.717) is 12.6 Å². The normalized spacial score (nSPS) is 18.5. The fraction of sp³-hybridized carbons (Fsp3) is 0.458. The summed E-state index contributed by atoms with van der Waals surface area (Å²) in [5.74, 6) is 2.08. The van der Waals surface area contributed by atoms with Gasteiger partial charge in [0.15, 0.2) is 5.65 Å². The van der Waals surface area contributed by atoms with Crippen molar-refractivity contribution in [2.75, 3.05) is 28.7 Å². The number of carbonyl (C=O) groups is 1. The Bertz CT molecular complexity index is 1130. The Labute approximate surface area is 201 Å². The Morgan fingerprint density at radius 2 is 2.00 bits per heavy atom. The zero-order valence-corrected chi connectivity index (χ0v) is 20.1. The Balaban J connectivity index is 1.34. The van der Waals surface area contributed by atoms with Gasteiger partial charge in [-0.3, -0.25) is 4.79 Å². The van der Waals surface area contributed by atoms with Crippen molar-refractivity contribution >= 4 is 44.8 Å². The number of aromatic nitrogens is 3. The van der Waals surface area contributed by atoms with Gasteiger partial charge in [0.05, 0.1) is 10.7 Å². The van der Waals surface area contributed by atoms with Crippen LogP contribution >= 0.6 is 15.9 Å². The summed E-state index contributed by atoms with van der Waals surface area (Å²) in [5, 5.41) is 20.5. The summed E-state index contributed by atoms with van der Waals surface area (Å²) in [6.07, 6.45) is 7.88. The third kappa shape index (κ3) is 4.99. The molecule has 0 spiro atoms. The van der Waals surface area contributed by atoms with Gasteiger partial charge in [0.1, 0.15) is 11.6 Å². The molecule has 3 aromatic rings. The maximum atomic E-state index is 12.0. The number of aliphatic hydroxyl groups excluding tert-OH is 1. The van der Waals surface area contributed by atoms with Crippen molar-refractivity contribution in [3.8, 4) is 0 Å². The molecule has 1 aliphatic heterocycles. The number of fused-ring (bicyclic) bond motifs is 1. The maximum Gasteiger partial charge on any atom is 0.227 e. The monoisotopic (exact) mass is 512 g/mol. The fourth-order valence-electron chi connectivity index (χ4n) is 4.44. The number of carbonyl (C=O) groups excluding carboxylic acids is 1. The molecule has 2 aromatic heterocycles. The zero-order chi connectivity index (χ0) is 22.8. The Morgan fingerprint density at radius 1 is 1.18 bits per heavy atom. The number of benzene rings is 1. The van der Waals surface area contributed by atoms with E-state index in [4.69, 9.17) is 4.98 Å². The topological polar surface area (TPSA) is 94.8 Å². The average Bonchev–Trinajstić information content (AvgIpc) is 3.62. The van der Waals surface area contributed by atoms with Crippen LogP contribution in [-0.2, 0) is 11.3 Å². The molecule has 33 heavy (non-hydrogen) atoms. The van der Waals surface area contributed by atoms with Gasteiger partial charge < -0.3 is 20.6 Å². The van der Waals surface area contributed by atoms with Crippen LogP contribution in [0.4, 0.5) is 17.3 Å². The predicted octanol–water partition coefficient (Wildman–Crippen LogP) is 4.19. The second kappa shape index (κ2) is 9.69. The molecule has 174 valence electrons. The third-order valence-corrected chi connectivity index (χ3v) is 7.00. The van der Waals surface area contributed by atoms with Gasteiger partial charge in [-0.05, 0) is 72.2 Å². The van der Waals surface area contributed by atoms with E-state index in [9.17, 15) is 9.90 Å². The molecule has 3 heterocycles. The zero-order valence-electron chi connectivity index (χ0n) is 18.5. The molecule has 0 unspecified atom stereocenters.